The molecule has 0 aliphatic carbocycles. The van der Waals surface area contributed by atoms with Gasteiger partial charge in [0.1, 0.15) is 6.35 Å². The fourth-order valence-electron chi connectivity index (χ4n) is 2.63. The number of allylic oxidation sites excluding steroid dienone is 6. The van der Waals surface area contributed by atoms with Gasteiger partial charge in [-0.05, 0) is 72.6 Å². The van der Waals surface area contributed by atoms with Crippen LogP contribution in [0.15, 0.2) is 34.9 Å². The van der Waals surface area contributed by atoms with Gasteiger partial charge in [-0.3, -0.25) is 9.12 Å². The van der Waals surface area contributed by atoms with Crippen molar-refractivity contribution in [3.8, 4) is 0 Å². The second kappa shape index (κ2) is 12.7. The zero-order chi connectivity index (χ0) is 21.1. The molecular weight excluding hydrogens is 387 g/mol. The Bertz CT molecular complexity index is 687. The van der Waals surface area contributed by atoms with Crippen LogP contribution in [0.4, 0.5) is 0 Å². The third kappa shape index (κ3) is 12.4. The topological polar surface area (TPSA) is 112 Å². The van der Waals surface area contributed by atoms with Gasteiger partial charge in [0.05, 0.1) is 0 Å². The highest BCUT2D eigenvalue weighted by atomic mass is 32.2. The third-order valence-corrected chi connectivity index (χ3v) is 8.54. The van der Waals surface area contributed by atoms with Crippen LogP contribution in [-0.4, -0.2) is 34.3 Å². The van der Waals surface area contributed by atoms with Gasteiger partial charge in [-0.2, -0.15) is 8.42 Å². The molecule has 158 valence electrons. The summed E-state index contributed by atoms with van der Waals surface area (Å²) in [6.07, 6.45) is 9.94. The number of aliphatic hydroxyl groups is 1. The van der Waals surface area contributed by atoms with Crippen molar-refractivity contribution in [2.75, 3.05) is 6.35 Å². The second-order valence-corrected chi connectivity index (χ2v) is 11.6. The molecule has 0 heterocycles. The summed E-state index contributed by atoms with van der Waals surface area (Å²) in [5.74, 6) is 0. The van der Waals surface area contributed by atoms with E-state index in [2.05, 4.69) is 32.9 Å². The van der Waals surface area contributed by atoms with Crippen LogP contribution >= 0.6 is 7.37 Å². The maximum atomic E-state index is 11.7. The van der Waals surface area contributed by atoms with Crippen molar-refractivity contribution >= 4 is 17.5 Å². The first-order valence-electron chi connectivity index (χ1n) is 9.23. The van der Waals surface area contributed by atoms with E-state index in [1.54, 1.807) is 0 Å². The minimum atomic E-state index is -4.68. The lowest BCUT2D eigenvalue weighted by atomic mass is 10.1. The quantitative estimate of drug-likeness (QED) is 0.166. The van der Waals surface area contributed by atoms with Crippen molar-refractivity contribution in [3.63, 3.8) is 0 Å². The van der Waals surface area contributed by atoms with Gasteiger partial charge in [0, 0.05) is 0 Å². The highest BCUT2D eigenvalue weighted by molar-refractivity contribution is 7.94. The van der Waals surface area contributed by atoms with Gasteiger partial charge in [-0.15, -0.1) is 0 Å². The monoisotopic (exact) mass is 422 g/mol. The number of unbranched alkanes of at least 4 members (excludes halogenated alkanes) is 1. The molecule has 0 aromatic heterocycles. The molecule has 0 aromatic carbocycles. The third-order valence-electron chi connectivity index (χ3n) is 4.27. The Kier molecular flexibility index (Phi) is 12.3. The van der Waals surface area contributed by atoms with Gasteiger partial charge in [0.25, 0.3) is 10.1 Å². The molecule has 0 aliphatic rings. The Morgan fingerprint density at radius 3 is 1.89 bits per heavy atom. The maximum Gasteiger partial charge on any atom is 0.277 e. The number of hydrogen-bond acceptors (Lipinski definition) is 4. The Morgan fingerprint density at radius 2 is 1.44 bits per heavy atom. The molecule has 0 fully saturated rings. The summed E-state index contributed by atoms with van der Waals surface area (Å²) in [4.78, 5) is 7.70. The van der Waals surface area contributed by atoms with Crippen LogP contribution in [0.1, 0.15) is 72.6 Å². The minimum Gasteiger partial charge on any atom is -0.386 e. The smallest absolute Gasteiger partial charge is 0.277 e. The highest BCUT2D eigenvalue weighted by Crippen LogP contribution is 2.49. The summed E-state index contributed by atoms with van der Waals surface area (Å²) in [6, 6.07) is 0. The molecule has 0 amide bonds. The van der Waals surface area contributed by atoms with Crippen LogP contribution in [0.2, 0.25) is 0 Å². The first kappa shape index (κ1) is 26.3. The molecule has 8 heteroatoms. The molecule has 2 unspecified atom stereocenters. The molecule has 2 atom stereocenters. The molecule has 0 bridgehead atoms. The zero-order valence-corrected chi connectivity index (χ0v) is 18.6. The molecule has 0 radical (unpaired) electrons. The fourth-order valence-corrected chi connectivity index (χ4v) is 5.73. The Balaban J connectivity index is 4.39. The van der Waals surface area contributed by atoms with E-state index in [0.717, 1.165) is 25.7 Å². The van der Waals surface area contributed by atoms with E-state index in [-0.39, 0.29) is 6.42 Å². The van der Waals surface area contributed by atoms with Crippen molar-refractivity contribution in [3.05, 3.63) is 34.9 Å². The SMILES string of the molecule is CC(C)=CCC/C(C)=C/CC/C(C)=C/CCCC(P(=O)(O)CO)S(=O)(=O)O. The van der Waals surface area contributed by atoms with E-state index in [0.29, 0.717) is 12.8 Å². The van der Waals surface area contributed by atoms with Crippen molar-refractivity contribution < 1.29 is 27.5 Å². The van der Waals surface area contributed by atoms with Gasteiger partial charge in [0.15, 0.2) is 4.99 Å². The average molecular weight is 423 g/mol. The molecule has 0 saturated carbocycles. The van der Waals surface area contributed by atoms with Crippen molar-refractivity contribution in [1.82, 2.24) is 0 Å². The van der Waals surface area contributed by atoms with Gasteiger partial charge < -0.3 is 10.00 Å². The highest BCUT2D eigenvalue weighted by Gasteiger charge is 2.39. The Morgan fingerprint density at radius 1 is 0.963 bits per heavy atom. The predicted molar refractivity (Wildman–Crippen MR) is 112 cm³/mol. The van der Waals surface area contributed by atoms with Crippen LogP contribution in [0, 0.1) is 0 Å². The molecule has 0 aliphatic heterocycles. The van der Waals surface area contributed by atoms with E-state index in [1.165, 1.54) is 16.7 Å². The molecule has 27 heavy (non-hydrogen) atoms. The van der Waals surface area contributed by atoms with Crippen LogP contribution in [0.3, 0.4) is 0 Å². The van der Waals surface area contributed by atoms with E-state index in [1.807, 2.05) is 13.0 Å². The lowest BCUT2D eigenvalue weighted by Gasteiger charge is -2.18. The largest absolute Gasteiger partial charge is 0.386 e. The van der Waals surface area contributed by atoms with Gasteiger partial charge >= 0.3 is 0 Å². The van der Waals surface area contributed by atoms with Gasteiger partial charge in [-0.25, -0.2) is 0 Å². The predicted octanol–water partition coefficient (Wildman–Crippen LogP) is 5.01. The molecule has 0 spiro atoms. The summed E-state index contributed by atoms with van der Waals surface area (Å²) < 4.78 is 43.4. The molecule has 0 saturated heterocycles. The minimum absolute atomic E-state index is 0.166. The van der Waals surface area contributed by atoms with E-state index < -0.39 is 28.8 Å². The van der Waals surface area contributed by atoms with Crippen LogP contribution in [0.25, 0.3) is 0 Å². The fraction of sp³-hybridized carbons (Fsp3) is 0.684. The molecule has 6 nitrogen and oxygen atoms in total. The van der Waals surface area contributed by atoms with Crippen LogP contribution < -0.4 is 0 Å². The molecular formula is C19H35O6PS. The standard InChI is InChI=1S/C19H35O6PS/c1-16(2)9-7-11-18(4)13-8-12-17(3)10-5-6-14-19(27(23,24)25)26(21,22)15-20/h9-10,13,19-20H,5-8,11-12,14-15H2,1-4H3,(H,21,22)(H,23,24,25)/b17-10+,18-13+. The van der Waals surface area contributed by atoms with Crippen LogP contribution in [-0.2, 0) is 14.7 Å². The first-order chi connectivity index (χ1) is 12.4. The number of hydrogen-bond donors (Lipinski definition) is 3. The van der Waals surface area contributed by atoms with Gasteiger partial charge in [0.2, 0.25) is 7.37 Å². The zero-order valence-electron chi connectivity index (χ0n) is 16.9. The van der Waals surface area contributed by atoms with Gasteiger partial charge in [-0.1, -0.05) is 34.9 Å². The summed E-state index contributed by atoms with van der Waals surface area (Å²) in [7, 11) is -9.01. The second-order valence-electron chi connectivity index (χ2n) is 7.26. The number of rotatable bonds is 13. The summed E-state index contributed by atoms with van der Waals surface area (Å²) in [5, 5.41) is 8.89. The Labute approximate surface area is 164 Å². The molecule has 3 N–H and O–H groups in total. The first-order valence-corrected chi connectivity index (χ1v) is 12.6. The lowest BCUT2D eigenvalue weighted by Crippen LogP contribution is -2.22. The Hall–Kier alpha value is -0.720. The number of aliphatic hydroxyl groups excluding tert-OH is 1. The lowest BCUT2D eigenvalue weighted by molar-refractivity contribution is 0.329. The van der Waals surface area contributed by atoms with Crippen molar-refractivity contribution in [2.45, 2.75) is 77.6 Å². The van der Waals surface area contributed by atoms with Crippen LogP contribution in [0.5, 0.6) is 0 Å². The summed E-state index contributed by atoms with van der Waals surface area (Å²) >= 11 is 0. The van der Waals surface area contributed by atoms with E-state index in [9.17, 15) is 17.9 Å². The van der Waals surface area contributed by atoms with Crippen molar-refractivity contribution in [1.29, 1.82) is 0 Å². The molecule has 0 rings (SSSR count). The normalized spacial score (nSPS) is 16.7. The molecule has 0 aromatic rings. The van der Waals surface area contributed by atoms with Crippen molar-refractivity contribution in [2.24, 2.45) is 0 Å². The van der Waals surface area contributed by atoms with E-state index >= 15 is 0 Å². The average Bonchev–Trinajstić information content (AvgIpc) is 2.52. The summed E-state index contributed by atoms with van der Waals surface area (Å²) in [5.41, 5.74) is 3.86. The maximum absolute atomic E-state index is 11.7. The van der Waals surface area contributed by atoms with E-state index in [4.69, 9.17) is 9.66 Å². The summed E-state index contributed by atoms with van der Waals surface area (Å²) in [6.45, 7) is 8.31.